The first-order valence-electron chi connectivity index (χ1n) is 5.50. The monoisotopic (exact) mass is 257 g/mol. The molecule has 1 atom stereocenters. The van der Waals surface area contributed by atoms with E-state index in [2.05, 4.69) is 5.32 Å². The van der Waals surface area contributed by atoms with Crippen LogP contribution in [-0.4, -0.2) is 36.9 Å². The quantitative estimate of drug-likeness (QED) is 0.813. The molecule has 0 fully saturated rings. The molecule has 96 valence electrons. The molecular weight excluding hydrogens is 238 g/mol. The summed E-state index contributed by atoms with van der Waals surface area (Å²) in [6, 6.07) is 1.91. The van der Waals surface area contributed by atoms with Gasteiger partial charge in [0.25, 0.3) is 5.91 Å². The molecule has 4 nitrogen and oxygen atoms in total. The van der Waals surface area contributed by atoms with Gasteiger partial charge in [0.2, 0.25) is 0 Å². The maximum absolute atomic E-state index is 11.8. The highest BCUT2D eigenvalue weighted by atomic mass is 32.1. The molecular formula is C12H19NO3S. The first-order chi connectivity index (χ1) is 7.96. The zero-order valence-electron chi connectivity index (χ0n) is 10.4. The minimum atomic E-state index is -0.934. The number of carbonyl (C=O) groups excluding carboxylic acids is 1. The summed E-state index contributed by atoms with van der Waals surface area (Å²) in [6.45, 7) is 4.29. The third-order valence-electron chi connectivity index (χ3n) is 2.54. The van der Waals surface area contributed by atoms with Crippen LogP contribution in [0.25, 0.3) is 0 Å². The number of methoxy groups -OCH3 is 1. The van der Waals surface area contributed by atoms with Crippen molar-refractivity contribution in [3.05, 3.63) is 21.9 Å². The number of carbonyl (C=O) groups is 1. The number of aliphatic hydroxyl groups is 1. The van der Waals surface area contributed by atoms with Gasteiger partial charge < -0.3 is 15.2 Å². The highest BCUT2D eigenvalue weighted by molar-refractivity contribution is 7.12. The molecule has 1 aromatic rings. The van der Waals surface area contributed by atoms with Gasteiger partial charge in [-0.15, -0.1) is 11.3 Å². The molecule has 0 aliphatic rings. The molecule has 5 heteroatoms. The standard InChI is InChI=1S/C12H19NO3S/c1-9-4-7-17-10(9)11(14)13-8-12(2,15)5-6-16-3/h4,7,15H,5-6,8H2,1-3H3,(H,13,14). The Labute approximate surface area is 106 Å². The summed E-state index contributed by atoms with van der Waals surface area (Å²) in [4.78, 5) is 12.5. The van der Waals surface area contributed by atoms with Crippen molar-refractivity contribution >= 4 is 17.2 Å². The molecule has 2 N–H and O–H groups in total. The Kier molecular flexibility index (Phi) is 5.11. The van der Waals surface area contributed by atoms with Crippen molar-refractivity contribution < 1.29 is 14.6 Å². The summed E-state index contributed by atoms with van der Waals surface area (Å²) < 4.78 is 4.91. The Bertz CT molecular complexity index is 374. The highest BCUT2D eigenvalue weighted by Gasteiger charge is 2.21. The van der Waals surface area contributed by atoms with E-state index in [-0.39, 0.29) is 12.5 Å². The lowest BCUT2D eigenvalue weighted by molar-refractivity contribution is 0.0244. The molecule has 0 radical (unpaired) electrons. The first kappa shape index (κ1) is 14.2. The number of thiophene rings is 1. The van der Waals surface area contributed by atoms with Crippen LogP contribution in [0, 0.1) is 6.92 Å². The molecule has 0 aromatic carbocycles. The molecule has 0 saturated heterocycles. The normalized spacial score (nSPS) is 14.4. The van der Waals surface area contributed by atoms with Crippen LogP contribution in [0.4, 0.5) is 0 Å². The van der Waals surface area contributed by atoms with E-state index in [1.165, 1.54) is 11.3 Å². The van der Waals surface area contributed by atoms with Gasteiger partial charge in [-0.1, -0.05) is 0 Å². The molecule has 1 amide bonds. The van der Waals surface area contributed by atoms with Gasteiger partial charge in [0, 0.05) is 26.7 Å². The van der Waals surface area contributed by atoms with Crippen LogP contribution in [0.2, 0.25) is 0 Å². The van der Waals surface area contributed by atoms with Gasteiger partial charge in [0.05, 0.1) is 10.5 Å². The van der Waals surface area contributed by atoms with Crippen molar-refractivity contribution in [1.82, 2.24) is 5.32 Å². The maximum Gasteiger partial charge on any atom is 0.261 e. The Hall–Kier alpha value is -0.910. The molecule has 1 heterocycles. The Morgan fingerprint density at radius 1 is 1.65 bits per heavy atom. The summed E-state index contributed by atoms with van der Waals surface area (Å²) in [5.41, 5.74) is 0.0284. The molecule has 0 spiro atoms. The summed E-state index contributed by atoms with van der Waals surface area (Å²) in [6.07, 6.45) is 0.493. The third-order valence-corrected chi connectivity index (χ3v) is 3.56. The predicted octanol–water partition coefficient (Wildman–Crippen LogP) is 1.57. The fourth-order valence-corrected chi connectivity index (χ4v) is 2.21. The van der Waals surface area contributed by atoms with Crippen LogP contribution in [0.1, 0.15) is 28.6 Å². The number of amides is 1. The van der Waals surface area contributed by atoms with Crippen LogP contribution in [0.3, 0.4) is 0 Å². The largest absolute Gasteiger partial charge is 0.388 e. The minimum absolute atomic E-state index is 0.129. The van der Waals surface area contributed by atoms with Crippen LogP contribution < -0.4 is 5.32 Å². The Morgan fingerprint density at radius 2 is 2.35 bits per heavy atom. The fourth-order valence-electron chi connectivity index (χ4n) is 1.37. The fraction of sp³-hybridized carbons (Fsp3) is 0.583. The van der Waals surface area contributed by atoms with Gasteiger partial charge >= 0.3 is 0 Å². The maximum atomic E-state index is 11.8. The van der Waals surface area contributed by atoms with E-state index in [1.54, 1.807) is 14.0 Å². The van der Waals surface area contributed by atoms with E-state index in [0.29, 0.717) is 17.9 Å². The smallest absolute Gasteiger partial charge is 0.261 e. The molecule has 1 unspecified atom stereocenters. The predicted molar refractivity (Wildman–Crippen MR) is 68.5 cm³/mol. The summed E-state index contributed by atoms with van der Waals surface area (Å²) in [5, 5.41) is 14.6. The average Bonchev–Trinajstić information content (AvgIpc) is 2.70. The molecule has 1 rings (SSSR count). The van der Waals surface area contributed by atoms with E-state index in [1.807, 2.05) is 18.4 Å². The molecule has 1 aromatic heterocycles. The second-order valence-corrected chi connectivity index (χ2v) is 5.27. The van der Waals surface area contributed by atoms with Crippen molar-refractivity contribution in [2.75, 3.05) is 20.3 Å². The second-order valence-electron chi connectivity index (χ2n) is 4.36. The van der Waals surface area contributed by atoms with Gasteiger partial charge in [-0.05, 0) is 30.9 Å². The zero-order valence-corrected chi connectivity index (χ0v) is 11.3. The zero-order chi connectivity index (χ0) is 12.9. The number of aryl methyl sites for hydroxylation is 1. The lowest BCUT2D eigenvalue weighted by Gasteiger charge is -2.23. The molecule has 0 aliphatic carbocycles. The van der Waals surface area contributed by atoms with Crippen molar-refractivity contribution in [2.45, 2.75) is 25.9 Å². The van der Waals surface area contributed by atoms with Crippen LogP contribution >= 0.6 is 11.3 Å². The number of rotatable bonds is 6. The second kappa shape index (κ2) is 6.14. The lowest BCUT2D eigenvalue weighted by atomic mass is 10.0. The third kappa shape index (κ3) is 4.46. The topological polar surface area (TPSA) is 58.6 Å². The van der Waals surface area contributed by atoms with Crippen molar-refractivity contribution in [3.8, 4) is 0 Å². The average molecular weight is 257 g/mol. The number of hydrogen-bond acceptors (Lipinski definition) is 4. The van der Waals surface area contributed by atoms with Gasteiger partial charge in [0.15, 0.2) is 0 Å². The van der Waals surface area contributed by atoms with E-state index in [9.17, 15) is 9.90 Å². The molecule has 0 aliphatic heterocycles. The van der Waals surface area contributed by atoms with Crippen molar-refractivity contribution in [3.63, 3.8) is 0 Å². The van der Waals surface area contributed by atoms with Gasteiger partial charge in [-0.3, -0.25) is 4.79 Å². The van der Waals surface area contributed by atoms with Crippen LogP contribution in [-0.2, 0) is 4.74 Å². The number of nitrogens with one attached hydrogen (secondary N) is 1. The Balaban J connectivity index is 2.45. The minimum Gasteiger partial charge on any atom is -0.388 e. The van der Waals surface area contributed by atoms with Crippen molar-refractivity contribution in [1.29, 1.82) is 0 Å². The highest BCUT2D eigenvalue weighted by Crippen LogP contribution is 2.15. The van der Waals surface area contributed by atoms with Gasteiger partial charge in [-0.25, -0.2) is 0 Å². The van der Waals surface area contributed by atoms with Gasteiger partial charge in [0.1, 0.15) is 0 Å². The van der Waals surface area contributed by atoms with E-state index in [0.717, 1.165) is 5.56 Å². The van der Waals surface area contributed by atoms with Gasteiger partial charge in [-0.2, -0.15) is 0 Å². The SMILES string of the molecule is COCCC(C)(O)CNC(=O)c1sccc1C. The molecule has 0 bridgehead atoms. The van der Waals surface area contributed by atoms with E-state index in [4.69, 9.17) is 4.74 Å². The number of ether oxygens (including phenoxy) is 1. The lowest BCUT2D eigenvalue weighted by Crippen LogP contribution is -2.41. The number of hydrogen-bond donors (Lipinski definition) is 2. The van der Waals surface area contributed by atoms with E-state index < -0.39 is 5.60 Å². The summed E-state index contributed by atoms with van der Waals surface area (Å²) in [7, 11) is 1.59. The molecule has 17 heavy (non-hydrogen) atoms. The summed E-state index contributed by atoms with van der Waals surface area (Å²) in [5.74, 6) is -0.129. The van der Waals surface area contributed by atoms with Crippen LogP contribution in [0.5, 0.6) is 0 Å². The molecule has 0 saturated carbocycles. The van der Waals surface area contributed by atoms with E-state index >= 15 is 0 Å². The Morgan fingerprint density at radius 3 is 2.88 bits per heavy atom. The van der Waals surface area contributed by atoms with Crippen molar-refractivity contribution in [2.24, 2.45) is 0 Å². The summed E-state index contributed by atoms with van der Waals surface area (Å²) >= 11 is 1.41. The first-order valence-corrected chi connectivity index (χ1v) is 6.38. The van der Waals surface area contributed by atoms with Crippen LogP contribution in [0.15, 0.2) is 11.4 Å².